The number of thiazole rings is 2. The molecule has 0 radical (unpaired) electrons. The molecule has 0 saturated heterocycles. The highest BCUT2D eigenvalue weighted by Crippen LogP contribution is 2.29. The van der Waals surface area contributed by atoms with Crippen molar-refractivity contribution in [2.45, 2.75) is 40.3 Å². The number of hydrogen-bond donors (Lipinski definition) is 0. The predicted octanol–water partition coefficient (Wildman–Crippen LogP) is 3.80. The van der Waals surface area contributed by atoms with Crippen LogP contribution in [0.25, 0.3) is 0 Å². The molecule has 29 heavy (non-hydrogen) atoms. The first-order valence-corrected chi connectivity index (χ1v) is 10.7. The molecular formula is C20H21N3O4S2. The van der Waals surface area contributed by atoms with Crippen LogP contribution < -0.4 is 9.77 Å². The van der Waals surface area contributed by atoms with Crippen LogP contribution in [-0.4, -0.2) is 21.4 Å². The molecule has 152 valence electrons. The summed E-state index contributed by atoms with van der Waals surface area (Å²) in [5, 5.41) is 4.05. The van der Waals surface area contributed by atoms with Crippen LogP contribution in [-0.2, 0) is 27.5 Å². The Morgan fingerprint density at radius 1 is 1.21 bits per heavy atom. The van der Waals surface area contributed by atoms with Gasteiger partial charge in [0.15, 0.2) is 5.13 Å². The van der Waals surface area contributed by atoms with E-state index >= 15 is 0 Å². The lowest BCUT2D eigenvalue weighted by molar-refractivity contribution is -0.145. The van der Waals surface area contributed by atoms with E-state index in [0.29, 0.717) is 17.4 Å². The van der Waals surface area contributed by atoms with Crippen LogP contribution in [0.4, 0.5) is 10.8 Å². The zero-order valence-electron chi connectivity index (χ0n) is 16.4. The van der Waals surface area contributed by atoms with Gasteiger partial charge in [-0.3, -0.25) is 19.3 Å². The van der Waals surface area contributed by atoms with Gasteiger partial charge in [0.25, 0.3) is 0 Å². The van der Waals surface area contributed by atoms with Crippen molar-refractivity contribution in [2.24, 2.45) is 0 Å². The summed E-state index contributed by atoms with van der Waals surface area (Å²) in [4.78, 5) is 41.8. The molecule has 0 aliphatic rings. The number of aryl methyl sites for hydroxylation is 2. The van der Waals surface area contributed by atoms with Gasteiger partial charge in [0, 0.05) is 29.9 Å². The van der Waals surface area contributed by atoms with Crippen LogP contribution in [0.1, 0.15) is 30.3 Å². The topological polar surface area (TPSA) is 81.5 Å². The highest BCUT2D eigenvalue weighted by molar-refractivity contribution is 7.14. The first-order valence-electron chi connectivity index (χ1n) is 8.97. The molecule has 0 saturated carbocycles. The molecule has 2 aromatic heterocycles. The van der Waals surface area contributed by atoms with Crippen molar-refractivity contribution in [3.8, 4) is 0 Å². The third-order valence-corrected chi connectivity index (χ3v) is 5.96. The standard InChI is InChI=1S/C20H21N3O4S2/c1-13-5-4-6-17(9-13)23(15(3)24)19-21-16(12-28-19)10-27-18(25)7-8-22-14(2)11-29-20(22)26/h4-6,9,11-12H,7-8,10H2,1-3H3. The minimum Gasteiger partial charge on any atom is -0.459 e. The molecule has 7 nitrogen and oxygen atoms in total. The number of benzene rings is 1. The van der Waals surface area contributed by atoms with Gasteiger partial charge in [0.2, 0.25) is 5.91 Å². The van der Waals surface area contributed by atoms with Gasteiger partial charge < -0.3 is 9.30 Å². The normalized spacial score (nSPS) is 10.7. The lowest BCUT2D eigenvalue weighted by Gasteiger charge is -2.18. The van der Waals surface area contributed by atoms with Crippen molar-refractivity contribution >= 4 is 45.4 Å². The van der Waals surface area contributed by atoms with E-state index in [1.165, 1.54) is 23.2 Å². The summed E-state index contributed by atoms with van der Waals surface area (Å²) in [6, 6.07) is 7.61. The molecule has 0 atom stereocenters. The van der Waals surface area contributed by atoms with E-state index in [9.17, 15) is 14.4 Å². The number of rotatable bonds is 7. The maximum atomic E-state index is 12.2. The molecule has 0 aliphatic carbocycles. The molecule has 1 aromatic carbocycles. The average Bonchev–Trinajstić information content (AvgIpc) is 3.25. The molecule has 0 bridgehead atoms. The van der Waals surface area contributed by atoms with Crippen molar-refractivity contribution in [2.75, 3.05) is 4.90 Å². The number of nitrogens with zero attached hydrogens (tertiary/aromatic N) is 3. The minimum atomic E-state index is -0.404. The first-order chi connectivity index (χ1) is 13.8. The van der Waals surface area contributed by atoms with Crippen molar-refractivity contribution < 1.29 is 14.3 Å². The van der Waals surface area contributed by atoms with Gasteiger partial charge in [-0.25, -0.2) is 4.98 Å². The summed E-state index contributed by atoms with van der Waals surface area (Å²) in [5.74, 6) is -0.552. The van der Waals surface area contributed by atoms with Gasteiger partial charge in [-0.2, -0.15) is 0 Å². The zero-order valence-corrected chi connectivity index (χ0v) is 18.0. The summed E-state index contributed by atoms with van der Waals surface area (Å²) in [7, 11) is 0. The number of hydrogen-bond acceptors (Lipinski definition) is 7. The lowest BCUT2D eigenvalue weighted by Crippen LogP contribution is -2.22. The number of carbonyl (C=O) groups excluding carboxylic acids is 2. The second-order valence-electron chi connectivity index (χ2n) is 6.52. The maximum absolute atomic E-state index is 12.2. The van der Waals surface area contributed by atoms with Gasteiger partial charge in [-0.05, 0) is 31.5 Å². The second kappa shape index (κ2) is 9.15. The number of ether oxygens (including phenoxy) is 1. The van der Waals surface area contributed by atoms with Gasteiger partial charge in [-0.1, -0.05) is 23.5 Å². The minimum absolute atomic E-state index is 0.0203. The number of amides is 1. The maximum Gasteiger partial charge on any atom is 0.307 e. The van der Waals surface area contributed by atoms with Crippen LogP contribution in [0.15, 0.2) is 39.8 Å². The van der Waals surface area contributed by atoms with Gasteiger partial charge >= 0.3 is 10.8 Å². The SMILES string of the molecule is CC(=O)N(c1cccc(C)c1)c1nc(COC(=O)CCn2c(C)csc2=O)cs1. The highest BCUT2D eigenvalue weighted by Gasteiger charge is 2.18. The Labute approximate surface area is 176 Å². The molecule has 2 heterocycles. The largest absolute Gasteiger partial charge is 0.459 e. The van der Waals surface area contributed by atoms with E-state index in [1.807, 2.05) is 38.1 Å². The first kappa shape index (κ1) is 20.9. The second-order valence-corrected chi connectivity index (χ2v) is 8.18. The summed E-state index contributed by atoms with van der Waals surface area (Å²) in [6.45, 7) is 5.58. The molecule has 0 aliphatic heterocycles. The van der Waals surface area contributed by atoms with Gasteiger partial charge in [-0.15, -0.1) is 11.3 Å². The molecule has 0 spiro atoms. The number of carbonyl (C=O) groups is 2. The van der Waals surface area contributed by atoms with Crippen molar-refractivity contribution in [1.82, 2.24) is 9.55 Å². The van der Waals surface area contributed by atoms with Crippen molar-refractivity contribution in [3.05, 3.63) is 61.6 Å². The molecule has 3 rings (SSSR count). The molecule has 0 N–H and O–H groups in total. The molecule has 0 unspecified atom stereocenters. The number of aromatic nitrogens is 2. The molecule has 0 fully saturated rings. The fourth-order valence-corrected chi connectivity index (χ4v) is 4.40. The molecular weight excluding hydrogens is 410 g/mol. The fourth-order valence-electron chi connectivity index (χ4n) is 2.76. The molecule has 9 heteroatoms. The lowest BCUT2D eigenvalue weighted by atomic mass is 10.2. The molecule has 3 aromatic rings. The van der Waals surface area contributed by atoms with Crippen LogP contribution in [0.5, 0.6) is 0 Å². The van der Waals surface area contributed by atoms with E-state index in [0.717, 1.165) is 28.3 Å². The summed E-state index contributed by atoms with van der Waals surface area (Å²) in [5.41, 5.74) is 3.19. The summed E-state index contributed by atoms with van der Waals surface area (Å²) in [6.07, 6.45) is 0.108. The zero-order chi connectivity index (χ0) is 21.0. The van der Waals surface area contributed by atoms with Crippen LogP contribution in [0, 0.1) is 13.8 Å². The van der Waals surface area contributed by atoms with E-state index in [-0.39, 0.29) is 23.8 Å². The van der Waals surface area contributed by atoms with Crippen LogP contribution in [0.2, 0.25) is 0 Å². The monoisotopic (exact) mass is 431 g/mol. The third kappa shape index (κ3) is 5.18. The van der Waals surface area contributed by atoms with E-state index < -0.39 is 5.97 Å². The summed E-state index contributed by atoms with van der Waals surface area (Å²) < 4.78 is 6.83. The Morgan fingerprint density at radius 2 is 2.00 bits per heavy atom. The third-order valence-electron chi connectivity index (χ3n) is 4.20. The Hall–Kier alpha value is -2.78. The van der Waals surface area contributed by atoms with Gasteiger partial charge in [0.1, 0.15) is 6.61 Å². The summed E-state index contributed by atoms with van der Waals surface area (Å²) >= 11 is 2.43. The van der Waals surface area contributed by atoms with E-state index in [2.05, 4.69) is 4.98 Å². The Morgan fingerprint density at radius 3 is 2.66 bits per heavy atom. The van der Waals surface area contributed by atoms with Crippen molar-refractivity contribution in [1.29, 1.82) is 0 Å². The average molecular weight is 432 g/mol. The van der Waals surface area contributed by atoms with Crippen LogP contribution in [0.3, 0.4) is 0 Å². The fraction of sp³-hybridized carbons (Fsp3) is 0.300. The quantitative estimate of drug-likeness (QED) is 0.532. The number of esters is 1. The predicted molar refractivity (Wildman–Crippen MR) is 114 cm³/mol. The Kier molecular flexibility index (Phi) is 6.60. The van der Waals surface area contributed by atoms with E-state index in [1.54, 1.807) is 15.3 Å². The van der Waals surface area contributed by atoms with Crippen molar-refractivity contribution in [3.63, 3.8) is 0 Å². The Bertz CT molecular complexity index is 1080. The van der Waals surface area contributed by atoms with Crippen LogP contribution >= 0.6 is 22.7 Å². The van der Waals surface area contributed by atoms with E-state index in [4.69, 9.17) is 4.74 Å². The molecule has 1 amide bonds. The Balaban J connectivity index is 1.61. The van der Waals surface area contributed by atoms with Gasteiger partial charge in [0.05, 0.1) is 17.8 Å². The smallest absolute Gasteiger partial charge is 0.307 e. The highest BCUT2D eigenvalue weighted by atomic mass is 32.1. The number of anilines is 2.